The number of aromatic nitrogens is 1. The lowest BCUT2D eigenvalue weighted by Crippen LogP contribution is -2.26. The van der Waals surface area contributed by atoms with Gasteiger partial charge in [-0.2, -0.15) is 4.98 Å². The van der Waals surface area contributed by atoms with E-state index >= 15 is 0 Å². The maximum absolute atomic E-state index is 9.49. The summed E-state index contributed by atoms with van der Waals surface area (Å²) >= 11 is 0. The van der Waals surface area contributed by atoms with Crippen LogP contribution in [-0.2, 0) is 6.42 Å². The Kier molecular flexibility index (Phi) is 3.65. The summed E-state index contributed by atoms with van der Waals surface area (Å²) in [5, 5.41) is 12.6. The van der Waals surface area contributed by atoms with Gasteiger partial charge in [0.15, 0.2) is 5.58 Å². The first-order valence-electron chi connectivity index (χ1n) is 6.62. The van der Waals surface area contributed by atoms with E-state index in [0.29, 0.717) is 6.01 Å². The smallest absolute Gasteiger partial charge is 0.295 e. The molecule has 1 aromatic heterocycles. The first-order chi connectivity index (χ1) is 9.85. The van der Waals surface area contributed by atoms with Gasteiger partial charge < -0.3 is 14.8 Å². The number of rotatable bonds is 5. The maximum atomic E-state index is 9.49. The van der Waals surface area contributed by atoms with Crippen molar-refractivity contribution < 1.29 is 9.52 Å². The van der Waals surface area contributed by atoms with Gasteiger partial charge in [0.2, 0.25) is 0 Å². The summed E-state index contributed by atoms with van der Waals surface area (Å²) in [5.41, 5.74) is 2.72. The lowest BCUT2D eigenvalue weighted by atomic mass is 10.1. The molecule has 3 rings (SSSR count). The van der Waals surface area contributed by atoms with E-state index in [4.69, 9.17) is 4.42 Å². The van der Waals surface area contributed by atoms with E-state index in [9.17, 15) is 5.11 Å². The van der Waals surface area contributed by atoms with Crippen molar-refractivity contribution in [3.05, 3.63) is 60.2 Å². The van der Waals surface area contributed by atoms with Crippen molar-refractivity contribution in [2.24, 2.45) is 0 Å². The number of benzene rings is 2. The number of anilines is 1. The lowest BCUT2D eigenvalue weighted by Gasteiger charge is -2.14. The molecule has 102 valence electrons. The van der Waals surface area contributed by atoms with Gasteiger partial charge in [-0.3, -0.25) is 0 Å². The molecule has 0 unspecified atom stereocenters. The van der Waals surface area contributed by atoms with Crippen LogP contribution in [0.1, 0.15) is 5.56 Å². The van der Waals surface area contributed by atoms with Crippen molar-refractivity contribution in [2.45, 2.75) is 12.5 Å². The molecular formula is C16H16N2O2. The van der Waals surface area contributed by atoms with Crippen LogP contribution in [0, 0.1) is 0 Å². The normalized spacial score (nSPS) is 12.4. The number of hydrogen-bond acceptors (Lipinski definition) is 4. The highest BCUT2D eigenvalue weighted by atomic mass is 16.4. The van der Waals surface area contributed by atoms with Crippen LogP contribution in [0.3, 0.4) is 0 Å². The molecule has 0 aliphatic heterocycles. The summed E-state index contributed by atoms with van der Waals surface area (Å²) in [7, 11) is 0. The Morgan fingerprint density at radius 2 is 1.80 bits per heavy atom. The molecule has 20 heavy (non-hydrogen) atoms. The van der Waals surface area contributed by atoms with Crippen molar-refractivity contribution in [3.63, 3.8) is 0 Å². The highest BCUT2D eigenvalue weighted by Gasteiger charge is 2.12. The van der Waals surface area contributed by atoms with Gasteiger partial charge >= 0.3 is 0 Å². The summed E-state index contributed by atoms with van der Waals surface area (Å²) in [4.78, 5) is 4.35. The fraction of sp³-hybridized carbons (Fsp3) is 0.188. The Morgan fingerprint density at radius 3 is 2.55 bits per heavy atom. The highest BCUT2D eigenvalue weighted by Crippen LogP contribution is 2.19. The van der Waals surface area contributed by atoms with Crippen LogP contribution in [-0.4, -0.2) is 22.7 Å². The number of nitrogens with one attached hydrogen (secondary N) is 1. The topological polar surface area (TPSA) is 58.3 Å². The van der Waals surface area contributed by atoms with E-state index in [0.717, 1.165) is 23.1 Å². The minimum atomic E-state index is -0.120. The summed E-state index contributed by atoms with van der Waals surface area (Å²) in [6, 6.07) is 18.0. The van der Waals surface area contributed by atoms with Crippen LogP contribution in [0.5, 0.6) is 0 Å². The van der Waals surface area contributed by atoms with Crippen molar-refractivity contribution >= 4 is 17.1 Å². The zero-order chi connectivity index (χ0) is 13.8. The molecular weight excluding hydrogens is 252 g/mol. The number of aliphatic hydroxyl groups is 1. The van der Waals surface area contributed by atoms with Gasteiger partial charge in [-0.05, 0) is 24.1 Å². The molecule has 1 atom stereocenters. The Hall–Kier alpha value is -2.33. The zero-order valence-corrected chi connectivity index (χ0v) is 11.0. The SMILES string of the molecule is OC[C@@H](Cc1ccccc1)Nc1nc2ccccc2o1. The number of nitrogens with zero attached hydrogens (tertiary/aromatic N) is 1. The largest absolute Gasteiger partial charge is 0.424 e. The number of fused-ring (bicyclic) bond motifs is 1. The van der Waals surface area contributed by atoms with E-state index in [1.165, 1.54) is 0 Å². The molecule has 0 spiro atoms. The van der Waals surface area contributed by atoms with E-state index < -0.39 is 0 Å². The molecule has 2 aromatic carbocycles. The molecule has 2 N–H and O–H groups in total. The van der Waals surface area contributed by atoms with Gasteiger partial charge in [0.1, 0.15) is 5.52 Å². The van der Waals surface area contributed by atoms with Crippen LogP contribution < -0.4 is 5.32 Å². The van der Waals surface area contributed by atoms with Crippen molar-refractivity contribution in [3.8, 4) is 0 Å². The van der Waals surface area contributed by atoms with Gasteiger partial charge in [0.25, 0.3) is 6.01 Å². The molecule has 0 bridgehead atoms. The number of hydrogen-bond donors (Lipinski definition) is 2. The minimum absolute atomic E-state index is 0.0214. The molecule has 4 nitrogen and oxygen atoms in total. The predicted octanol–water partition coefficient (Wildman–Crippen LogP) is 2.84. The molecule has 0 aliphatic carbocycles. The summed E-state index contributed by atoms with van der Waals surface area (Å²) < 4.78 is 5.60. The molecule has 0 saturated carbocycles. The van der Waals surface area contributed by atoms with Gasteiger partial charge in [-0.15, -0.1) is 0 Å². The van der Waals surface area contributed by atoms with Crippen LogP contribution >= 0.6 is 0 Å². The lowest BCUT2D eigenvalue weighted by molar-refractivity contribution is 0.272. The van der Waals surface area contributed by atoms with Crippen LogP contribution in [0.15, 0.2) is 59.0 Å². The zero-order valence-electron chi connectivity index (χ0n) is 11.0. The fourth-order valence-corrected chi connectivity index (χ4v) is 2.17. The monoisotopic (exact) mass is 268 g/mol. The Labute approximate surface area is 117 Å². The summed E-state index contributed by atoms with van der Waals surface area (Å²) in [6.07, 6.45) is 0.718. The minimum Gasteiger partial charge on any atom is -0.424 e. The predicted molar refractivity (Wildman–Crippen MR) is 78.7 cm³/mol. The standard InChI is InChI=1S/C16H16N2O2/c19-11-13(10-12-6-2-1-3-7-12)17-16-18-14-8-4-5-9-15(14)20-16/h1-9,13,19H,10-11H2,(H,17,18)/t13-/m1/s1. The molecule has 4 heteroatoms. The van der Waals surface area contributed by atoms with E-state index in [1.807, 2.05) is 54.6 Å². The highest BCUT2D eigenvalue weighted by molar-refractivity contribution is 5.74. The number of para-hydroxylation sites is 2. The Balaban J connectivity index is 1.74. The van der Waals surface area contributed by atoms with Gasteiger partial charge in [-0.1, -0.05) is 42.5 Å². The molecule has 0 fully saturated rings. The van der Waals surface area contributed by atoms with Gasteiger partial charge in [0.05, 0.1) is 12.6 Å². The summed E-state index contributed by atoms with van der Waals surface area (Å²) in [6.45, 7) is 0.0214. The second-order valence-corrected chi connectivity index (χ2v) is 4.70. The van der Waals surface area contributed by atoms with Gasteiger partial charge in [0, 0.05) is 0 Å². The molecule has 0 amide bonds. The third-order valence-corrected chi connectivity index (χ3v) is 3.17. The Bertz CT molecular complexity index is 646. The molecule has 0 saturated heterocycles. The van der Waals surface area contributed by atoms with E-state index in [1.54, 1.807) is 0 Å². The second-order valence-electron chi connectivity index (χ2n) is 4.70. The Morgan fingerprint density at radius 1 is 1.05 bits per heavy atom. The first kappa shape index (κ1) is 12.7. The number of oxazole rings is 1. The molecule has 0 radical (unpaired) electrons. The third-order valence-electron chi connectivity index (χ3n) is 3.17. The second kappa shape index (κ2) is 5.75. The average molecular weight is 268 g/mol. The number of aliphatic hydroxyl groups excluding tert-OH is 1. The molecule has 0 aliphatic rings. The van der Waals surface area contributed by atoms with E-state index in [2.05, 4.69) is 10.3 Å². The first-order valence-corrected chi connectivity index (χ1v) is 6.62. The average Bonchev–Trinajstić information content (AvgIpc) is 2.90. The quantitative estimate of drug-likeness (QED) is 0.747. The van der Waals surface area contributed by atoms with Gasteiger partial charge in [-0.25, -0.2) is 0 Å². The fourth-order valence-electron chi connectivity index (χ4n) is 2.17. The van der Waals surface area contributed by atoms with Crippen molar-refractivity contribution in [1.82, 2.24) is 4.98 Å². The van der Waals surface area contributed by atoms with Crippen LogP contribution in [0.2, 0.25) is 0 Å². The summed E-state index contributed by atoms with van der Waals surface area (Å²) in [5.74, 6) is 0. The molecule has 1 heterocycles. The van der Waals surface area contributed by atoms with Crippen LogP contribution in [0.25, 0.3) is 11.1 Å². The van der Waals surface area contributed by atoms with Crippen molar-refractivity contribution in [2.75, 3.05) is 11.9 Å². The maximum Gasteiger partial charge on any atom is 0.295 e. The van der Waals surface area contributed by atoms with Crippen LogP contribution in [0.4, 0.5) is 6.01 Å². The third kappa shape index (κ3) is 2.81. The van der Waals surface area contributed by atoms with E-state index in [-0.39, 0.29) is 12.6 Å². The molecule has 3 aromatic rings. The van der Waals surface area contributed by atoms with Crippen molar-refractivity contribution in [1.29, 1.82) is 0 Å².